The minimum Gasteiger partial charge on any atom is -0.457 e. The standard InChI is InChI=1S/C26H24O3/c1-16(2)24(27)18-9-5-6-10-19(18)25(28)17-13-14-23-21(15-17)26(3,4)20-11-7-8-12-22(20)29-23/h5-16H,1-4H3. The smallest absolute Gasteiger partial charge is 0.193 e. The topological polar surface area (TPSA) is 43.4 Å². The molecular weight excluding hydrogens is 360 g/mol. The van der Waals surface area contributed by atoms with Crippen LogP contribution in [0.25, 0.3) is 0 Å². The van der Waals surface area contributed by atoms with Crippen LogP contribution < -0.4 is 4.74 Å². The van der Waals surface area contributed by atoms with E-state index in [0.29, 0.717) is 16.7 Å². The van der Waals surface area contributed by atoms with Gasteiger partial charge in [-0.25, -0.2) is 0 Å². The second-order valence-electron chi connectivity index (χ2n) is 8.33. The third kappa shape index (κ3) is 3.17. The summed E-state index contributed by atoms with van der Waals surface area (Å²) >= 11 is 0. The maximum absolute atomic E-state index is 13.3. The molecule has 3 aromatic carbocycles. The van der Waals surface area contributed by atoms with Crippen molar-refractivity contribution in [1.29, 1.82) is 0 Å². The Balaban J connectivity index is 1.79. The lowest BCUT2D eigenvalue weighted by Crippen LogP contribution is -2.25. The van der Waals surface area contributed by atoms with Crippen LogP contribution in [0.1, 0.15) is 65.1 Å². The lowest BCUT2D eigenvalue weighted by Gasteiger charge is -2.34. The van der Waals surface area contributed by atoms with Gasteiger partial charge in [0.05, 0.1) is 0 Å². The Hall–Kier alpha value is -3.20. The molecule has 0 saturated heterocycles. The van der Waals surface area contributed by atoms with Gasteiger partial charge in [-0.05, 0) is 24.3 Å². The molecule has 0 fully saturated rings. The fourth-order valence-electron chi connectivity index (χ4n) is 3.95. The highest BCUT2D eigenvalue weighted by Gasteiger charge is 2.34. The van der Waals surface area contributed by atoms with Gasteiger partial charge in [0.15, 0.2) is 11.6 Å². The molecule has 1 aliphatic rings. The molecule has 0 aromatic heterocycles. The fourth-order valence-corrected chi connectivity index (χ4v) is 3.95. The predicted octanol–water partition coefficient (Wildman–Crippen LogP) is 6.19. The summed E-state index contributed by atoms with van der Waals surface area (Å²) in [4.78, 5) is 25.9. The number of hydrogen-bond acceptors (Lipinski definition) is 3. The van der Waals surface area contributed by atoms with Gasteiger partial charge in [0.2, 0.25) is 0 Å². The summed E-state index contributed by atoms with van der Waals surface area (Å²) in [6.45, 7) is 7.97. The fraction of sp³-hybridized carbons (Fsp3) is 0.231. The third-order valence-electron chi connectivity index (χ3n) is 5.66. The molecule has 3 heteroatoms. The summed E-state index contributed by atoms with van der Waals surface area (Å²) in [6.07, 6.45) is 0. The summed E-state index contributed by atoms with van der Waals surface area (Å²) in [5.74, 6) is 1.27. The van der Waals surface area contributed by atoms with Crippen LogP contribution in [0.15, 0.2) is 66.7 Å². The number of ketones is 2. The van der Waals surface area contributed by atoms with Gasteiger partial charge in [-0.15, -0.1) is 0 Å². The number of benzene rings is 3. The average Bonchev–Trinajstić information content (AvgIpc) is 2.72. The van der Waals surface area contributed by atoms with E-state index < -0.39 is 0 Å². The number of fused-ring (bicyclic) bond motifs is 2. The second kappa shape index (κ2) is 7.00. The van der Waals surface area contributed by atoms with E-state index in [0.717, 1.165) is 22.6 Å². The highest BCUT2D eigenvalue weighted by molar-refractivity contribution is 6.16. The Bertz CT molecular complexity index is 1120. The molecule has 4 rings (SSSR count). The number of rotatable bonds is 4. The van der Waals surface area contributed by atoms with Gasteiger partial charge in [0, 0.05) is 39.2 Å². The van der Waals surface area contributed by atoms with E-state index in [9.17, 15) is 9.59 Å². The van der Waals surface area contributed by atoms with E-state index in [4.69, 9.17) is 4.74 Å². The van der Waals surface area contributed by atoms with Crippen molar-refractivity contribution < 1.29 is 14.3 Å². The van der Waals surface area contributed by atoms with Crippen LogP contribution in [0.4, 0.5) is 0 Å². The first-order chi connectivity index (χ1) is 13.8. The van der Waals surface area contributed by atoms with Crippen molar-refractivity contribution in [2.75, 3.05) is 0 Å². The molecule has 0 unspecified atom stereocenters. The van der Waals surface area contributed by atoms with Gasteiger partial charge < -0.3 is 4.74 Å². The molecule has 0 radical (unpaired) electrons. The number of hydrogen-bond donors (Lipinski definition) is 0. The first-order valence-corrected chi connectivity index (χ1v) is 9.90. The summed E-state index contributed by atoms with van der Waals surface area (Å²) < 4.78 is 6.08. The number of carbonyl (C=O) groups is 2. The monoisotopic (exact) mass is 384 g/mol. The van der Waals surface area contributed by atoms with Crippen LogP contribution in [0.5, 0.6) is 11.5 Å². The van der Waals surface area contributed by atoms with Crippen LogP contribution in [-0.2, 0) is 5.41 Å². The van der Waals surface area contributed by atoms with E-state index in [1.165, 1.54) is 0 Å². The average molecular weight is 384 g/mol. The maximum atomic E-state index is 13.3. The van der Waals surface area contributed by atoms with Crippen molar-refractivity contribution in [3.63, 3.8) is 0 Å². The quantitative estimate of drug-likeness (QED) is 0.504. The summed E-state index contributed by atoms with van der Waals surface area (Å²) in [6, 6.07) is 20.6. The number of ether oxygens (including phenoxy) is 1. The molecular formula is C26H24O3. The molecule has 0 atom stereocenters. The van der Waals surface area contributed by atoms with Crippen molar-refractivity contribution in [3.05, 3.63) is 94.5 Å². The Labute approximate surface area is 171 Å². The minimum absolute atomic E-state index is 0.0236. The number of carbonyl (C=O) groups excluding carboxylic acids is 2. The minimum atomic E-state index is -0.298. The third-order valence-corrected chi connectivity index (χ3v) is 5.66. The number of Topliss-reactive ketones (excluding diaryl/α,β-unsaturated/α-hetero) is 1. The second-order valence-corrected chi connectivity index (χ2v) is 8.33. The van der Waals surface area contributed by atoms with E-state index in [1.807, 2.05) is 44.2 Å². The molecule has 0 spiro atoms. The molecule has 3 nitrogen and oxygen atoms in total. The summed E-state index contributed by atoms with van der Waals surface area (Å²) in [5, 5.41) is 0. The molecule has 146 valence electrons. The lowest BCUT2D eigenvalue weighted by atomic mass is 9.75. The molecule has 0 N–H and O–H groups in total. The molecule has 0 bridgehead atoms. The van der Waals surface area contributed by atoms with Crippen molar-refractivity contribution in [2.24, 2.45) is 5.92 Å². The van der Waals surface area contributed by atoms with E-state index in [2.05, 4.69) is 19.9 Å². The van der Waals surface area contributed by atoms with E-state index >= 15 is 0 Å². The zero-order valence-electron chi connectivity index (χ0n) is 17.2. The molecule has 29 heavy (non-hydrogen) atoms. The van der Waals surface area contributed by atoms with Crippen molar-refractivity contribution in [3.8, 4) is 11.5 Å². The molecule has 0 aliphatic carbocycles. The van der Waals surface area contributed by atoms with Gasteiger partial charge in [0.25, 0.3) is 0 Å². The molecule has 3 aromatic rings. The Morgan fingerprint density at radius 2 is 1.41 bits per heavy atom. The zero-order valence-corrected chi connectivity index (χ0v) is 17.2. The van der Waals surface area contributed by atoms with Crippen LogP contribution >= 0.6 is 0 Å². The maximum Gasteiger partial charge on any atom is 0.193 e. The van der Waals surface area contributed by atoms with Gasteiger partial charge in [0.1, 0.15) is 11.5 Å². The molecule has 0 saturated carbocycles. The summed E-state index contributed by atoms with van der Waals surface area (Å²) in [7, 11) is 0. The predicted molar refractivity (Wildman–Crippen MR) is 114 cm³/mol. The largest absolute Gasteiger partial charge is 0.457 e. The van der Waals surface area contributed by atoms with E-state index in [1.54, 1.807) is 30.3 Å². The normalized spacial score (nSPS) is 14.0. The van der Waals surface area contributed by atoms with Crippen LogP contribution in [0, 0.1) is 5.92 Å². The highest BCUT2D eigenvalue weighted by Crippen LogP contribution is 2.47. The Kier molecular flexibility index (Phi) is 4.62. The van der Waals surface area contributed by atoms with Crippen LogP contribution in [-0.4, -0.2) is 11.6 Å². The van der Waals surface area contributed by atoms with Crippen molar-refractivity contribution >= 4 is 11.6 Å². The van der Waals surface area contributed by atoms with Crippen molar-refractivity contribution in [1.82, 2.24) is 0 Å². The zero-order chi connectivity index (χ0) is 20.8. The SMILES string of the molecule is CC(C)C(=O)c1ccccc1C(=O)c1ccc2c(c1)C(C)(C)c1ccccc1O2. The van der Waals surface area contributed by atoms with Crippen molar-refractivity contribution in [2.45, 2.75) is 33.1 Å². The molecule has 0 amide bonds. The van der Waals surface area contributed by atoms with Gasteiger partial charge in [-0.2, -0.15) is 0 Å². The van der Waals surface area contributed by atoms with Crippen LogP contribution in [0.2, 0.25) is 0 Å². The van der Waals surface area contributed by atoms with Gasteiger partial charge in [-0.3, -0.25) is 9.59 Å². The summed E-state index contributed by atoms with van der Waals surface area (Å²) in [5.41, 5.74) is 3.24. The van der Waals surface area contributed by atoms with E-state index in [-0.39, 0.29) is 22.9 Å². The van der Waals surface area contributed by atoms with Gasteiger partial charge >= 0.3 is 0 Å². The molecule has 1 aliphatic heterocycles. The number of para-hydroxylation sites is 1. The Morgan fingerprint density at radius 3 is 2.14 bits per heavy atom. The van der Waals surface area contributed by atoms with Gasteiger partial charge in [-0.1, -0.05) is 70.2 Å². The first-order valence-electron chi connectivity index (χ1n) is 9.90. The molecule has 1 heterocycles. The first kappa shape index (κ1) is 19.1. The lowest BCUT2D eigenvalue weighted by molar-refractivity contribution is 0.0929. The Morgan fingerprint density at radius 1 is 0.793 bits per heavy atom. The van der Waals surface area contributed by atoms with Crippen LogP contribution in [0.3, 0.4) is 0 Å². The highest BCUT2D eigenvalue weighted by atomic mass is 16.5.